The molecule has 1 aromatic rings. The van der Waals surface area contributed by atoms with E-state index in [1.165, 1.54) is 17.0 Å². The maximum Gasteiger partial charge on any atom is 0.322 e. The van der Waals surface area contributed by atoms with E-state index >= 15 is 0 Å². The first-order valence-corrected chi connectivity index (χ1v) is 6.93. The number of hydrogen-bond acceptors (Lipinski definition) is 2. The standard InChI is InChI=1S/C14H18ClFN2O3/c1-9(2)18(7-3-4-13(19)20)14(21)17-12-6-5-10(16)8-11(12)15/h5-6,8-9H,3-4,7H2,1-2H3,(H,17,21)(H,19,20). The molecule has 7 heteroatoms. The highest BCUT2D eigenvalue weighted by Gasteiger charge is 2.18. The summed E-state index contributed by atoms with van der Waals surface area (Å²) in [6.45, 7) is 3.97. The summed E-state index contributed by atoms with van der Waals surface area (Å²) in [5, 5.41) is 11.3. The van der Waals surface area contributed by atoms with Gasteiger partial charge in [-0.3, -0.25) is 4.79 Å². The highest BCUT2D eigenvalue weighted by molar-refractivity contribution is 6.33. The minimum atomic E-state index is -0.902. The molecule has 0 bridgehead atoms. The van der Waals surface area contributed by atoms with E-state index < -0.39 is 17.8 Å². The van der Waals surface area contributed by atoms with Gasteiger partial charge in [-0.25, -0.2) is 9.18 Å². The molecular formula is C14H18ClFN2O3. The van der Waals surface area contributed by atoms with Gasteiger partial charge in [0.15, 0.2) is 0 Å². The zero-order chi connectivity index (χ0) is 16.0. The van der Waals surface area contributed by atoms with Gasteiger partial charge in [0.1, 0.15) is 5.82 Å². The van der Waals surface area contributed by atoms with Gasteiger partial charge >= 0.3 is 12.0 Å². The van der Waals surface area contributed by atoms with Crippen molar-refractivity contribution in [3.8, 4) is 0 Å². The lowest BCUT2D eigenvalue weighted by Gasteiger charge is -2.27. The van der Waals surface area contributed by atoms with Crippen LogP contribution >= 0.6 is 11.6 Å². The van der Waals surface area contributed by atoms with E-state index in [1.807, 2.05) is 13.8 Å². The topological polar surface area (TPSA) is 69.6 Å². The summed E-state index contributed by atoms with van der Waals surface area (Å²) in [6.07, 6.45) is 0.353. The molecule has 1 aromatic carbocycles. The van der Waals surface area contributed by atoms with Crippen LogP contribution in [0.3, 0.4) is 0 Å². The second-order valence-electron chi connectivity index (χ2n) is 4.84. The first kappa shape index (κ1) is 17.2. The Morgan fingerprint density at radius 3 is 2.62 bits per heavy atom. The maximum atomic E-state index is 13.0. The number of carbonyl (C=O) groups excluding carboxylic acids is 1. The van der Waals surface area contributed by atoms with Gasteiger partial charge in [-0.1, -0.05) is 11.6 Å². The fourth-order valence-corrected chi connectivity index (χ4v) is 1.99. The van der Waals surface area contributed by atoms with Crippen molar-refractivity contribution in [3.63, 3.8) is 0 Å². The quantitative estimate of drug-likeness (QED) is 0.842. The largest absolute Gasteiger partial charge is 0.481 e. The molecule has 0 aliphatic rings. The van der Waals surface area contributed by atoms with Crippen molar-refractivity contribution in [2.24, 2.45) is 0 Å². The van der Waals surface area contributed by atoms with Crippen LogP contribution in [-0.2, 0) is 4.79 Å². The number of rotatable bonds is 6. The molecule has 0 saturated carbocycles. The van der Waals surface area contributed by atoms with Gasteiger partial charge in [0, 0.05) is 19.0 Å². The number of aliphatic carboxylic acids is 1. The van der Waals surface area contributed by atoms with Crippen molar-refractivity contribution < 1.29 is 19.1 Å². The molecule has 0 aliphatic heterocycles. The molecule has 0 atom stereocenters. The lowest BCUT2D eigenvalue weighted by molar-refractivity contribution is -0.137. The molecule has 2 amide bonds. The van der Waals surface area contributed by atoms with Crippen LogP contribution in [0.25, 0.3) is 0 Å². The molecule has 1 rings (SSSR count). The third-order valence-corrected chi connectivity index (χ3v) is 3.16. The lowest BCUT2D eigenvalue weighted by atomic mass is 10.2. The van der Waals surface area contributed by atoms with Crippen molar-refractivity contribution in [1.29, 1.82) is 0 Å². The molecule has 116 valence electrons. The molecule has 0 heterocycles. The Hall–Kier alpha value is -1.82. The second-order valence-corrected chi connectivity index (χ2v) is 5.25. The average molecular weight is 317 g/mol. The van der Waals surface area contributed by atoms with Gasteiger partial charge in [0.2, 0.25) is 0 Å². The number of nitrogens with zero attached hydrogens (tertiary/aromatic N) is 1. The van der Waals surface area contributed by atoms with Gasteiger partial charge in [0.05, 0.1) is 10.7 Å². The maximum absolute atomic E-state index is 13.0. The third kappa shape index (κ3) is 5.59. The van der Waals surface area contributed by atoms with Crippen LogP contribution in [0.15, 0.2) is 18.2 Å². The number of anilines is 1. The van der Waals surface area contributed by atoms with Gasteiger partial charge in [-0.15, -0.1) is 0 Å². The first-order valence-electron chi connectivity index (χ1n) is 6.55. The highest BCUT2D eigenvalue weighted by atomic mass is 35.5. The number of urea groups is 1. The van der Waals surface area contributed by atoms with Crippen LogP contribution in [0, 0.1) is 5.82 Å². The molecule has 21 heavy (non-hydrogen) atoms. The summed E-state index contributed by atoms with van der Waals surface area (Å²) in [5.41, 5.74) is 0.312. The van der Waals surface area contributed by atoms with E-state index in [4.69, 9.17) is 16.7 Å². The Balaban J connectivity index is 2.70. The van der Waals surface area contributed by atoms with E-state index in [9.17, 15) is 14.0 Å². The summed E-state index contributed by atoms with van der Waals surface area (Å²) in [5.74, 6) is -1.39. The van der Waals surface area contributed by atoms with Gasteiger partial charge in [0.25, 0.3) is 0 Å². The van der Waals surface area contributed by atoms with Crippen molar-refractivity contribution in [2.75, 3.05) is 11.9 Å². The van der Waals surface area contributed by atoms with E-state index in [-0.39, 0.29) is 17.5 Å². The number of carboxylic acid groups (broad SMARTS) is 1. The fourth-order valence-electron chi connectivity index (χ4n) is 1.77. The Morgan fingerprint density at radius 1 is 1.43 bits per heavy atom. The van der Waals surface area contributed by atoms with Gasteiger partial charge < -0.3 is 15.3 Å². The molecule has 0 radical (unpaired) electrons. The average Bonchev–Trinajstić information content (AvgIpc) is 2.37. The summed E-state index contributed by atoms with van der Waals surface area (Å²) < 4.78 is 13.0. The number of carboxylic acids is 1. The molecule has 0 aromatic heterocycles. The normalized spacial score (nSPS) is 10.5. The number of benzene rings is 1. The minimum Gasteiger partial charge on any atom is -0.481 e. The number of carbonyl (C=O) groups is 2. The molecule has 0 saturated heterocycles. The summed E-state index contributed by atoms with van der Waals surface area (Å²) in [4.78, 5) is 24.2. The van der Waals surface area contributed by atoms with Crippen molar-refractivity contribution in [1.82, 2.24) is 4.90 Å². The molecule has 5 nitrogen and oxygen atoms in total. The number of amides is 2. The van der Waals surface area contributed by atoms with Crippen LogP contribution in [0.4, 0.5) is 14.9 Å². The zero-order valence-electron chi connectivity index (χ0n) is 11.9. The summed E-state index contributed by atoms with van der Waals surface area (Å²) in [7, 11) is 0. The molecule has 0 spiro atoms. The van der Waals surface area contributed by atoms with Crippen molar-refractivity contribution >= 4 is 29.3 Å². The number of hydrogen-bond donors (Lipinski definition) is 2. The third-order valence-electron chi connectivity index (χ3n) is 2.85. The van der Waals surface area contributed by atoms with Gasteiger partial charge in [-0.05, 0) is 38.5 Å². The Morgan fingerprint density at radius 2 is 2.10 bits per heavy atom. The molecular weight excluding hydrogens is 299 g/mol. The van der Waals surface area contributed by atoms with Crippen LogP contribution in [0.5, 0.6) is 0 Å². The molecule has 2 N–H and O–H groups in total. The Bertz CT molecular complexity index is 523. The van der Waals surface area contributed by atoms with E-state index in [0.29, 0.717) is 18.7 Å². The smallest absolute Gasteiger partial charge is 0.322 e. The zero-order valence-corrected chi connectivity index (χ0v) is 12.7. The lowest BCUT2D eigenvalue weighted by Crippen LogP contribution is -2.40. The van der Waals surface area contributed by atoms with E-state index in [0.717, 1.165) is 6.07 Å². The predicted molar refractivity (Wildman–Crippen MR) is 79.1 cm³/mol. The summed E-state index contributed by atoms with van der Waals surface area (Å²) in [6, 6.07) is 3.19. The Labute approximate surface area is 127 Å². The SMILES string of the molecule is CC(C)N(CCCC(=O)O)C(=O)Nc1ccc(F)cc1Cl. The second kappa shape index (κ2) is 7.83. The van der Waals surface area contributed by atoms with Crippen molar-refractivity contribution in [3.05, 3.63) is 29.0 Å². The van der Waals surface area contributed by atoms with Crippen LogP contribution in [-0.4, -0.2) is 34.6 Å². The predicted octanol–water partition coefficient (Wildman–Crippen LogP) is 3.59. The van der Waals surface area contributed by atoms with Crippen LogP contribution in [0.2, 0.25) is 5.02 Å². The van der Waals surface area contributed by atoms with Crippen LogP contribution in [0.1, 0.15) is 26.7 Å². The molecule has 0 aliphatic carbocycles. The molecule has 0 fully saturated rings. The highest BCUT2D eigenvalue weighted by Crippen LogP contribution is 2.23. The van der Waals surface area contributed by atoms with Crippen LogP contribution < -0.4 is 5.32 Å². The monoisotopic (exact) mass is 316 g/mol. The number of nitrogens with one attached hydrogen (secondary N) is 1. The Kier molecular flexibility index (Phi) is 6.42. The van der Waals surface area contributed by atoms with Crippen molar-refractivity contribution in [2.45, 2.75) is 32.7 Å². The first-order chi connectivity index (χ1) is 9.81. The number of halogens is 2. The van der Waals surface area contributed by atoms with Gasteiger partial charge in [-0.2, -0.15) is 0 Å². The summed E-state index contributed by atoms with van der Waals surface area (Å²) >= 11 is 5.85. The molecule has 0 unspecified atom stereocenters. The minimum absolute atomic E-state index is 0.00615. The van der Waals surface area contributed by atoms with E-state index in [2.05, 4.69) is 5.32 Å². The fraction of sp³-hybridized carbons (Fsp3) is 0.429. The van der Waals surface area contributed by atoms with E-state index in [1.54, 1.807) is 0 Å².